The normalized spacial score (nSPS) is 11.3. The van der Waals surface area contributed by atoms with Crippen molar-refractivity contribution in [2.75, 3.05) is 7.05 Å². The van der Waals surface area contributed by atoms with Crippen LogP contribution in [0.3, 0.4) is 0 Å². The van der Waals surface area contributed by atoms with E-state index >= 15 is 0 Å². The lowest BCUT2D eigenvalue weighted by atomic mass is 10.1. The highest BCUT2D eigenvalue weighted by molar-refractivity contribution is 5.95. The maximum atomic E-state index is 7.49. The number of aromatic nitrogens is 2. The Labute approximate surface area is 125 Å². The van der Waals surface area contributed by atoms with Crippen molar-refractivity contribution in [3.05, 3.63) is 53.3 Å². The smallest absolute Gasteiger partial charge is 0.122 e. The summed E-state index contributed by atoms with van der Waals surface area (Å²) in [4.78, 5) is 2.20. The zero-order valence-corrected chi connectivity index (χ0v) is 12.9. The topological polar surface area (TPSA) is 70.9 Å². The van der Waals surface area contributed by atoms with Crippen LogP contribution in [0.2, 0.25) is 0 Å². The van der Waals surface area contributed by atoms with Crippen LogP contribution in [-0.4, -0.2) is 27.6 Å². The molecule has 0 saturated heterocycles. The minimum absolute atomic E-state index is 0.107. The molecular formula is C16H23N5. The summed E-state index contributed by atoms with van der Waals surface area (Å²) in [6, 6.07) is 10.3. The number of rotatable bonds is 6. The molecule has 1 aromatic carbocycles. The Bertz CT molecular complexity index is 615. The number of hydrogen-bond donors (Lipinski definition) is 2. The van der Waals surface area contributed by atoms with Crippen LogP contribution in [0.25, 0.3) is 0 Å². The molecule has 2 aromatic rings. The van der Waals surface area contributed by atoms with E-state index in [0.717, 1.165) is 29.9 Å². The van der Waals surface area contributed by atoms with Gasteiger partial charge in [-0.1, -0.05) is 18.2 Å². The van der Waals surface area contributed by atoms with Gasteiger partial charge in [-0.3, -0.25) is 15.0 Å². The summed E-state index contributed by atoms with van der Waals surface area (Å²) in [5, 5.41) is 12.0. The van der Waals surface area contributed by atoms with Gasteiger partial charge in [0.05, 0.1) is 5.69 Å². The van der Waals surface area contributed by atoms with Gasteiger partial charge in [0.25, 0.3) is 0 Å². The second-order valence-electron chi connectivity index (χ2n) is 5.67. The van der Waals surface area contributed by atoms with E-state index in [9.17, 15) is 0 Å². The molecular weight excluding hydrogens is 262 g/mol. The van der Waals surface area contributed by atoms with Crippen LogP contribution in [-0.2, 0) is 13.1 Å². The highest BCUT2D eigenvalue weighted by atomic mass is 15.3. The van der Waals surface area contributed by atoms with Crippen molar-refractivity contribution < 1.29 is 0 Å². The van der Waals surface area contributed by atoms with E-state index < -0.39 is 0 Å². The number of nitrogens with zero attached hydrogens (tertiary/aromatic N) is 3. The Kier molecular flexibility index (Phi) is 4.75. The first-order valence-electron chi connectivity index (χ1n) is 7.11. The van der Waals surface area contributed by atoms with Crippen LogP contribution >= 0.6 is 0 Å². The number of amidine groups is 1. The minimum Gasteiger partial charge on any atom is -0.384 e. The van der Waals surface area contributed by atoms with Crippen molar-refractivity contribution in [1.29, 1.82) is 5.41 Å². The SMILES string of the molecule is CC(C)n1ccc(CN(C)Cc2cccc(C(=N)N)c2)n1. The standard InChI is InChI=1S/C16H23N5/c1-12(2)21-8-7-15(19-21)11-20(3)10-13-5-4-6-14(9-13)16(17)18/h4-9,12H,10-11H2,1-3H3,(H3,17,18). The summed E-state index contributed by atoms with van der Waals surface area (Å²) in [6.07, 6.45) is 2.02. The molecule has 21 heavy (non-hydrogen) atoms. The van der Waals surface area contributed by atoms with Crippen molar-refractivity contribution in [2.24, 2.45) is 5.73 Å². The fourth-order valence-electron chi connectivity index (χ4n) is 2.23. The molecule has 0 aliphatic rings. The number of nitrogens with two attached hydrogens (primary N) is 1. The summed E-state index contributed by atoms with van der Waals surface area (Å²) in [6.45, 7) is 5.83. The molecule has 1 heterocycles. The molecule has 3 N–H and O–H groups in total. The lowest BCUT2D eigenvalue weighted by Crippen LogP contribution is -2.18. The predicted octanol–water partition coefficient (Wildman–Crippen LogP) is 2.38. The molecule has 5 heteroatoms. The Balaban J connectivity index is 1.99. The summed E-state index contributed by atoms with van der Waals surface area (Å²) < 4.78 is 1.97. The van der Waals surface area contributed by atoms with Crippen LogP contribution < -0.4 is 5.73 Å². The number of nitrogens with one attached hydrogen (secondary N) is 1. The predicted molar refractivity (Wildman–Crippen MR) is 85.2 cm³/mol. The zero-order valence-electron chi connectivity index (χ0n) is 12.9. The van der Waals surface area contributed by atoms with Gasteiger partial charge in [-0.2, -0.15) is 5.10 Å². The van der Waals surface area contributed by atoms with Gasteiger partial charge in [-0.15, -0.1) is 0 Å². The minimum atomic E-state index is 0.107. The molecule has 0 bridgehead atoms. The van der Waals surface area contributed by atoms with Gasteiger partial charge in [0.2, 0.25) is 0 Å². The molecule has 1 aromatic heterocycles. The van der Waals surface area contributed by atoms with Gasteiger partial charge in [-0.05, 0) is 38.6 Å². The Morgan fingerprint density at radius 3 is 2.71 bits per heavy atom. The fourth-order valence-corrected chi connectivity index (χ4v) is 2.23. The highest BCUT2D eigenvalue weighted by Crippen LogP contribution is 2.10. The van der Waals surface area contributed by atoms with Gasteiger partial charge >= 0.3 is 0 Å². The largest absolute Gasteiger partial charge is 0.384 e. The van der Waals surface area contributed by atoms with Gasteiger partial charge in [0, 0.05) is 30.9 Å². The zero-order chi connectivity index (χ0) is 15.4. The third kappa shape index (κ3) is 4.16. The van der Waals surface area contributed by atoms with Crippen molar-refractivity contribution in [3.8, 4) is 0 Å². The van der Waals surface area contributed by atoms with E-state index in [1.54, 1.807) is 0 Å². The average Bonchev–Trinajstić information content (AvgIpc) is 2.87. The van der Waals surface area contributed by atoms with Gasteiger partial charge in [-0.25, -0.2) is 0 Å². The van der Waals surface area contributed by atoms with Crippen LogP contribution in [0.4, 0.5) is 0 Å². The third-order valence-corrected chi connectivity index (χ3v) is 3.32. The first-order valence-corrected chi connectivity index (χ1v) is 7.11. The van der Waals surface area contributed by atoms with Crippen LogP contribution in [0.5, 0.6) is 0 Å². The highest BCUT2D eigenvalue weighted by Gasteiger charge is 2.07. The fraction of sp³-hybridized carbons (Fsp3) is 0.375. The summed E-state index contributed by atoms with van der Waals surface area (Å²) in [5.41, 5.74) is 8.50. The molecule has 0 aliphatic carbocycles. The Morgan fingerprint density at radius 1 is 1.33 bits per heavy atom. The molecule has 0 fully saturated rings. The van der Waals surface area contributed by atoms with Crippen molar-refractivity contribution in [1.82, 2.24) is 14.7 Å². The van der Waals surface area contributed by atoms with Crippen LogP contribution in [0, 0.1) is 5.41 Å². The lowest BCUT2D eigenvalue weighted by molar-refractivity contribution is 0.312. The molecule has 0 aliphatic heterocycles. The van der Waals surface area contributed by atoms with E-state index in [-0.39, 0.29) is 5.84 Å². The van der Waals surface area contributed by atoms with E-state index in [1.807, 2.05) is 29.1 Å². The first kappa shape index (κ1) is 15.3. The molecule has 0 saturated carbocycles. The number of benzene rings is 1. The van der Waals surface area contributed by atoms with Gasteiger partial charge < -0.3 is 5.73 Å². The summed E-state index contributed by atoms with van der Waals surface area (Å²) in [5.74, 6) is 0.107. The number of hydrogen-bond acceptors (Lipinski definition) is 3. The lowest BCUT2D eigenvalue weighted by Gasteiger charge is -2.16. The Hall–Kier alpha value is -2.14. The third-order valence-electron chi connectivity index (χ3n) is 3.32. The first-order chi connectivity index (χ1) is 9.95. The van der Waals surface area contributed by atoms with E-state index in [0.29, 0.717) is 6.04 Å². The van der Waals surface area contributed by atoms with E-state index in [4.69, 9.17) is 11.1 Å². The van der Waals surface area contributed by atoms with Crippen LogP contribution in [0.1, 0.15) is 36.7 Å². The van der Waals surface area contributed by atoms with Crippen molar-refractivity contribution in [3.63, 3.8) is 0 Å². The van der Waals surface area contributed by atoms with Crippen LogP contribution in [0.15, 0.2) is 36.5 Å². The number of nitrogen functional groups attached to an aromatic ring is 1. The summed E-state index contributed by atoms with van der Waals surface area (Å²) in [7, 11) is 2.06. The maximum absolute atomic E-state index is 7.49. The van der Waals surface area contributed by atoms with E-state index in [1.165, 1.54) is 0 Å². The van der Waals surface area contributed by atoms with Gasteiger partial charge in [0.15, 0.2) is 0 Å². The molecule has 0 radical (unpaired) electrons. The summed E-state index contributed by atoms with van der Waals surface area (Å²) >= 11 is 0. The molecule has 0 unspecified atom stereocenters. The maximum Gasteiger partial charge on any atom is 0.122 e. The molecule has 5 nitrogen and oxygen atoms in total. The van der Waals surface area contributed by atoms with Gasteiger partial charge in [0.1, 0.15) is 5.84 Å². The average molecular weight is 285 g/mol. The molecule has 112 valence electrons. The Morgan fingerprint density at radius 2 is 2.10 bits per heavy atom. The molecule has 0 atom stereocenters. The second-order valence-corrected chi connectivity index (χ2v) is 5.67. The van der Waals surface area contributed by atoms with E-state index in [2.05, 4.69) is 43.0 Å². The second kappa shape index (κ2) is 6.54. The molecule has 2 rings (SSSR count). The molecule has 0 amide bonds. The quantitative estimate of drug-likeness (QED) is 0.632. The molecule has 0 spiro atoms. The monoisotopic (exact) mass is 285 g/mol. The van der Waals surface area contributed by atoms with Crippen molar-refractivity contribution in [2.45, 2.75) is 33.0 Å². The van der Waals surface area contributed by atoms with Crippen molar-refractivity contribution >= 4 is 5.84 Å².